The highest BCUT2D eigenvalue weighted by molar-refractivity contribution is 8.00. The maximum absolute atomic E-state index is 9.89. The van der Waals surface area contributed by atoms with E-state index in [1.54, 1.807) is 6.08 Å². The van der Waals surface area contributed by atoms with Crippen LogP contribution in [0.4, 0.5) is 0 Å². The molecular formula is C50H81NO6S. The number of aliphatic hydroxyl groups excluding tert-OH is 2. The summed E-state index contributed by atoms with van der Waals surface area (Å²) < 4.78 is 20.6. The van der Waals surface area contributed by atoms with Crippen molar-refractivity contribution < 1.29 is 29.3 Å². The zero-order chi connectivity index (χ0) is 41.6. The zero-order valence-electron chi connectivity index (χ0n) is 37.0. The van der Waals surface area contributed by atoms with Gasteiger partial charge in [0.05, 0.1) is 23.5 Å². The number of benzene rings is 1. The highest BCUT2D eigenvalue weighted by atomic mass is 32.2. The van der Waals surface area contributed by atoms with Gasteiger partial charge in [-0.1, -0.05) is 133 Å². The Morgan fingerprint density at radius 3 is 2.05 bits per heavy atom. The van der Waals surface area contributed by atoms with Crippen molar-refractivity contribution in [3.8, 4) is 11.5 Å². The van der Waals surface area contributed by atoms with Crippen LogP contribution in [0.5, 0.6) is 11.5 Å². The van der Waals surface area contributed by atoms with Crippen molar-refractivity contribution in [2.45, 2.75) is 185 Å². The molecule has 0 radical (unpaired) electrons. The molecule has 58 heavy (non-hydrogen) atoms. The highest BCUT2D eigenvalue weighted by Gasteiger charge is 2.64. The number of hydrogen-bond donors (Lipinski definition) is 2. The Kier molecular flexibility index (Phi) is 21.8. The number of thioether (sulfide) groups is 1. The van der Waals surface area contributed by atoms with E-state index in [2.05, 4.69) is 59.1 Å². The van der Waals surface area contributed by atoms with Gasteiger partial charge >= 0.3 is 0 Å². The van der Waals surface area contributed by atoms with E-state index in [9.17, 15) is 10.2 Å². The number of ether oxygens (including phenoxy) is 3. The molecule has 7 nitrogen and oxygen atoms in total. The van der Waals surface area contributed by atoms with Crippen molar-refractivity contribution in [1.29, 1.82) is 0 Å². The molecule has 1 aromatic carbocycles. The van der Waals surface area contributed by atoms with Gasteiger partial charge in [-0.15, -0.1) is 6.58 Å². The number of aliphatic hydroxyl groups is 2. The lowest BCUT2D eigenvalue weighted by molar-refractivity contribution is -0.223. The van der Waals surface area contributed by atoms with Gasteiger partial charge in [-0.05, 0) is 94.2 Å². The quantitative estimate of drug-likeness (QED) is 0.0438. The normalized spacial score (nSPS) is 24.4. The minimum atomic E-state index is -0.937. The first-order valence-electron chi connectivity index (χ1n) is 23.3. The average molecular weight is 824 g/mol. The summed E-state index contributed by atoms with van der Waals surface area (Å²) >= 11 is 1.98. The molecule has 0 spiro atoms. The molecule has 1 aliphatic heterocycles. The van der Waals surface area contributed by atoms with Crippen molar-refractivity contribution in [1.82, 2.24) is 0 Å². The van der Waals surface area contributed by atoms with Crippen molar-refractivity contribution in [2.24, 2.45) is 22.9 Å². The van der Waals surface area contributed by atoms with Crippen LogP contribution < -0.4 is 9.47 Å². The van der Waals surface area contributed by atoms with Gasteiger partial charge in [0.25, 0.3) is 0 Å². The number of hydrogen-bond acceptors (Lipinski definition) is 8. The minimum absolute atomic E-state index is 0.0183. The van der Waals surface area contributed by atoms with Crippen molar-refractivity contribution >= 4 is 17.5 Å². The maximum Gasteiger partial charge on any atom is 0.230 e. The number of nitrogens with zero attached hydrogens (tertiary/aromatic N) is 1. The van der Waals surface area contributed by atoms with E-state index in [4.69, 9.17) is 24.2 Å². The summed E-state index contributed by atoms with van der Waals surface area (Å²) in [4.78, 5) is 6.26. The third kappa shape index (κ3) is 14.4. The average Bonchev–Trinajstić information content (AvgIpc) is 3.21. The van der Waals surface area contributed by atoms with Crippen LogP contribution in [0.3, 0.4) is 0 Å². The predicted molar refractivity (Wildman–Crippen MR) is 244 cm³/mol. The highest BCUT2D eigenvalue weighted by Crippen LogP contribution is 2.62. The third-order valence-electron chi connectivity index (χ3n) is 12.2. The fourth-order valence-electron chi connectivity index (χ4n) is 9.44. The molecule has 2 aliphatic carbocycles. The molecule has 1 heterocycles. The molecule has 3 aliphatic rings. The molecule has 0 amide bonds. The smallest absolute Gasteiger partial charge is 0.230 e. The van der Waals surface area contributed by atoms with Crippen molar-refractivity contribution in [3.63, 3.8) is 0 Å². The van der Waals surface area contributed by atoms with Crippen LogP contribution in [0.2, 0.25) is 0 Å². The summed E-state index contributed by atoms with van der Waals surface area (Å²) in [5.41, 5.74) is 2.87. The van der Waals surface area contributed by atoms with Gasteiger partial charge < -0.3 is 29.3 Å². The lowest BCUT2D eigenvalue weighted by Crippen LogP contribution is -2.64. The first-order chi connectivity index (χ1) is 28.2. The van der Waals surface area contributed by atoms with Gasteiger partial charge in [-0.2, -0.15) is 11.8 Å². The molecule has 0 saturated heterocycles. The minimum Gasteiger partial charge on any atom is -0.490 e. The zero-order valence-corrected chi connectivity index (χ0v) is 37.8. The number of oxime groups is 1. The summed E-state index contributed by atoms with van der Waals surface area (Å²) in [7, 11) is 0. The Morgan fingerprint density at radius 1 is 0.828 bits per heavy atom. The topological polar surface area (TPSA) is 89.7 Å². The molecule has 0 aromatic heterocycles. The number of rotatable bonds is 31. The third-order valence-corrected chi connectivity index (χ3v) is 13.7. The predicted octanol–water partition coefficient (Wildman–Crippen LogP) is 12.9. The standard InChI is InChI=1S/C50H81NO6S/c1-7-10-11-12-13-14-15-16-17-18-19-20-21-26-35-58-46-38-44(51-57-49(4,5)6)42-36-39(27-22-24-31-52)41(28-23-25-32-53)47-43-37-40(54-33-8-2)29-30-45(43)56-50(46,48(42)47)55-34-9-3/h8-9,29-30,36-37,39,41,46-48,52-53H,2-3,7,10-28,31-35,38H2,1,4-6H3. The van der Waals surface area contributed by atoms with Crippen LogP contribution in [0.25, 0.3) is 0 Å². The monoisotopic (exact) mass is 824 g/mol. The van der Waals surface area contributed by atoms with Gasteiger partial charge in [-0.25, -0.2) is 0 Å². The van der Waals surface area contributed by atoms with Gasteiger partial charge in [0.2, 0.25) is 5.79 Å². The van der Waals surface area contributed by atoms with Crippen molar-refractivity contribution in [3.05, 3.63) is 60.7 Å². The van der Waals surface area contributed by atoms with E-state index in [0.717, 1.165) is 73.5 Å². The number of unbranched alkanes of at least 4 members (excludes halogenated alkanes) is 15. The van der Waals surface area contributed by atoms with E-state index < -0.39 is 11.4 Å². The second-order valence-corrected chi connectivity index (χ2v) is 19.3. The maximum atomic E-state index is 9.89. The molecular weight excluding hydrogens is 743 g/mol. The van der Waals surface area contributed by atoms with Crippen LogP contribution in [0, 0.1) is 17.8 Å². The molecule has 6 atom stereocenters. The van der Waals surface area contributed by atoms with E-state index in [0.29, 0.717) is 19.6 Å². The van der Waals surface area contributed by atoms with E-state index in [1.807, 2.05) is 23.9 Å². The van der Waals surface area contributed by atoms with E-state index >= 15 is 0 Å². The summed E-state index contributed by atoms with van der Waals surface area (Å²) in [6.45, 7) is 17.6. The van der Waals surface area contributed by atoms with Gasteiger partial charge in [0, 0.05) is 31.1 Å². The Labute approximate surface area is 357 Å². The Morgan fingerprint density at radius 2 is 1.45 bits per heavy atom. The van der Waals surface area contributed by atoms with Crippen molar-refractivity contribution in [2.75, 3.05) is 32.2 Å². The van der Waals surface area contributed by atoms with Crippen LogP contribution in [-0.2, 0) is 9.57 Å². The molecule has 1 aromatic rings. The lowest BCUT2D eigenvalue weighted by Gasteiger charge is -2.58. The summed E-state index contributed by atoms with van der Waals surface area (Å²) in [6, 6.07) is 6.27. The molecule has 6 unspecified atom stereocenters. The van der Waals surface area contributed by atoms with Gasteiger partial charge in [0.15, 0.2) is 0 Å². The largest absolute Gasteiger partial charge is 0.490 e. The van der Waals surface area contributed by atoms with Crippen LogP contribution in [0.15, 0.2) is 60.3 Å². The SMILES string of the molecule is C=CCOc1ccc2c(c1)C1C(CCCCO)C(CCCCO)C=C3C(=NOC(C)(C)C)CC(SCCCCCCCCCCCCCCCC)C(OCC=C)(O2)C31. The molecule has 1 fully saturated rings. The molecule has 328 valence electrons. The van der Waals surface area contributed by atoms with Crippen LogP contribution in [-0.4, -0.2) is 64.7 Å². The number of allylic oxidation sites excluding steroid dienone is 1. The summed E-state index contributed by atoms with van der Waals surface area (Å²) in [5, 5.41) is 24.7. The van der Waals surface area contributed by atoms with E-state index in [1.165, 1.54) is 89.0 Å². The number of fused-ring (bicyclic) bond motifs is 2. The molecule has 4 rings (SSSR count). The molecule has 0 bridgehead atoms. The van der Waals surface area contributed by atoms with Crippen LogP contribution in [0.1, 0.15) is 174 Å². The molecule has 2 N–H and O–H groups in total. The van der Waals surface area contributed by atoms with Crippen LogP contribution >= 0.6 is 11.8 Å². The Bertz CT molecular complexity index is 1400. The summed E-state index contributed by atoms with van der Waals surface area (Å²) in [5.74, 6) is 2.19. The second kappa shape index (κ2) is 26.2. The fourth-order valence-corrected chi connectivity index (χ4v) is 10.9. The molecule has 8 heteroatoms. The Hall–Kier alpha value is -2.26. The molecule has 1 saturated carbocycles. The second-order valence-electron chi connectivity index (χ2n) is 18.0. The van der Waals surface area contributed by atoms with Gasteiger partial charge in [0.1, 0.15) is 23.7 Å². The Balaban J connectivity index is 1.62. The fraction of sp³-hybridized carbons (Fsp3) is 0.740. The first-order valence-corrected chi connectivity index (χ1v) is 24.4. The lowest BCUT2D eigenvalue weighted by atomic mass is 9.56. The summed E-state index contributed by atoms with van der Waals surface area (Å²) in [6.07, 6.45) is 31.0. The van der Waals surface area contributed by atoms with Gasteiger partial charge in [-0.3, -0.25) is 0 Å². The first kappa shape index (κ1) is 48.4. The van der Waals surface area contributed by atoms with E-state index in [-0.39, 0.29) is 42.1 Å².